The molecule has 5 rings (SSSR count). The zero-order valence-corrected chi connectivity index (χ0v) is 15.5. The maximum Gasteiger partial charge on any atom is 0.265 e. The quantitative estimate of drug-likeness (QED) is 0.807. The number of carbonyl (C=O) groups is 2. The average Bonchev–Trinajstić information content (AvgIpc) is 3.40. The van der Waals surface area contributed by atoms with E-state index in [0.717, 1.165) is 0 Å². The summed E-state index contributed by atoms with van der Waals surface area (Å²) in [6.45, 7) is 1.89. The molecular weight excluding hydrogens is 378 g/mol. The second-order valence-corrected chi connectivity index (χ2v) is 6.59. The summed E-state index contributed by atoms with van der Waals surface area (Å²) in [6, 6.07) is 6.57. The molecule has 4 heterocycles. The topological polar surface area (TPSA) is 123 Å². The third-order valence-corrected chi connectivity index (χ3v) is 4.59. The van der Waals surface area contributed by atoms with Gasteiger partial charge < -0.3 is 14.8 Å². The Morgan fingerprint density at radius 2 is 2.03 bits per heavy atom. The van der Waals surface area contributed by atoms with Crippen LogP contribution in [0.3, 0.4) is 0 Å². The number of nitrogens with one attached hydrogen (secondary N) is 1. The van der Waals surface area contributed by atoms with E-state index >= 15 is 0 Å². The van der Waals surface area contributed by atoms with Crippen molar-refractivity contribution < 1.29 is 19.1 Å². The van der Waals surface area contributed by atoms with Gasteiger partial charge in [0, 0.05) is 24.9 Å². The van der Waals surface area contributed by atoms with Crippen molar-refractivity contribution in [3.8, 4) is 11.5 Å². The molecular formula is C18H15N7O4. The zero-order valence-electron chi connectivity index (χ0n) is 15.5. The number of fused-ring (bicyclic) bond motifs is 2. The molecule has 0 bridgehead atoms. The summed E-state index contributed by atoms with van der Waals surface area (Å²) >= 11 is 0. The maximum atomic E-state index is 12.7. The number of anilines is 1. The fraction of sp³-hybridized carbons (Fsp3) is 0.222. The van der Waals surface area contributed by atoms with Crippen LogP contribution in [-0.4, -0.2) is 58.5 Å². The molecule has 1 atom stereocenters. The minimum atomic E-state index is -0.591. The van der Waals surface area contributed by atoms with E-state index in [9.17, 15) is 9.59 Å². The van der Waals surface area contributed by atoms with Crippen molar-refractivity contribution in [2.75, 3.05) is 19.2 Å². The smallest absolute Gasteiger partial charge is 0.265 e. The van der Waals surface area contributed by atoms with Gasteiger partial charge in [0.2, 0.25) is 6.79 Å². The van der Waals surface area contributed by atoms with Crippen LogP contribution < -0.4 is 14.8 Å². The van der Waals surface area contributed by atoms with Gasteiger partial charge in [0.1, 0.15) is 17.6 Å². The van der Waals surface area contributed by atoms with Gasteiger partial charge >= 0.3 is 0 Å². The van der Waals surface area contributed by atoms with Gasteiger partial charge in [-0.1, -0.05) is 0 Å². The van der Waals surface area contributed by atoms with Crippen LogP contribution in [-0.2, 0) is 4.79 Å². The molecule has 1 unspecified atom stereocenters. The van der Waals surface area contributed by atoms with Gasteiger partial charge in [-0.25, -0.2) is 0 Å². The highest BCUT2D eigenvalue weighted by Crippen LogP contribution is 2.32. The van der Waals surface area contributed by atoms with Crippen molar-refractivity contribution in [3.05, 3.63) is 35.5 Å². The molecule has 0 saturated carbocycles. The molecule has 1 N–H and O–H groups in total. The molecule has 29 heavy (non-hydrogen) atoms. The number of aromatic nitrogens is 2. The second kappa shape index (κ2) is 6.26. The van der Waals surface area contributed by atoms with Crippen LogP contribution in [0.15, 0.2) is 39.4 Å². The number of benzene rings is 1. The first-order valence-electron chi connectivity index (χ1n) is 8.76. The molecule has 3 aliphatic rings. The van der Waals surface area contributed by atoms with Crippen LogP contribution in [0.1, 0.15) is 16.1 Å². The highest BCUT2D eigenvalue weighted by atomic mass is 16.7. The van der Waals surface area contributed by atoms with E-state index in [2.05, 4.69) is 25.5 Å². The molecule has 2 amide bonds. The molecule has 0 spiro atoms. The van der Waals surface area contributed by atoms with E-state index in [0.29, 0.717) is 34.4 Å². The highest BCUT2D eigenvalue weighted by molar-refractivity contribution is 6.24. The molecule has 11 heteroatoms. The molecule has 3 aliphatic heterocycles. The number of hydrogen-bond donors (Lipinski definition) is 1. The fourth-order valence-corrected chi connectivity index (χ4v) is 3.17. The Bertz CT molecular complexity index is 1150. The van der Waals surface area contributed by atoms with E-state index in [1.54, 1.807) is 38.2 Å². The Kier molecular flexibility index (Phi) is 3.69. The van der Waals surface area contributed by atoms with Crippen LogP contribution >= 0.6 is 0 Å². The lowest BCUT2D eigenvalue weighted by molar-refractivity contribution is -0.118. The number of carbonyl (C=O) groups excluding carboxylic acids is 2. The van der Waals surface area contributed by atoms with Crippen molar-refractivity contribution in [1.82, 2.24) is 14.8 Å². The maximum absolute atomic E-state index is 12.7. The fourth-order valence-electron chi connectivity index (χ4n) is 3.17. The van der Waals surface area contributed by atoms with Gasteiger partial charge in [-0.3, -0.25) is 14.6 Å². The SMILES string of the molecule is Cc1cc(NC(=O)c2ccc3c(c2)OCO3)n(C2=NC(=O)C3C=NN(C)C3=N2)n1. The molecule has 0 aliphatic carbocycles. The summed E-state index contributed by atoms with van der Waals surface area (Å²) in [5.41, 5.74) is 1.01. The van der Waals surface area contributed by atoms with Gasteiger partial charge in [-0.2, -0.15) is 24.9 Å². The lowest BCUT2D eigenvalue weighted by Crippen LogP contribution is -2.35. The number of nitrogens with zero attached hydrogens (tertiary/aromatic N) is 6. The number of hydrazone groups is 1. The summed E-state index contributed by atoms with van der Waals surface area (Å²) in [5.74, 6) is 0.595. The van der Waals surface area contributed by atoms with Gasteiger partial charge in [-0.05, 0) is 25.1 Å². The lowest BCUT2D eigenvalue weighted by atomic mass is 10.1. The zero-order chi connectivity index (χ0) is 20.1. The first-order valence-corrected chi connectivity index (χ1v) is 8.76. The molecule has 2 aromatic rings. The lowest BCUT2D eigenvalue weighted by Gasteiger charge is -2.17. The second-order valence-electron chi connectivity index (χ2n) is 6.59. The minimum absolute atomic E-state index is 0.0627. The highest BCUT2D eigenvalue weighted by Gasteiger charge is 2.35. The van der Waals surface area contributed by atoms with Crippen LogP contribution in [0.25, 0.3) is 0 Å². The van der Waals surface area contributed by atoms with E-state index in [1.807, 2.05) is 0 Å². The van der Waals surface area contributed by atoms with E-state index < -0.39 is 5.92 Å². The standard InChI is InChI=1S/C18H15N7O4/c1-9-5-14(20-16(26)10-3-4-12-13(6-10)29-8-28-12)25(23-9)18-21-15-11(17(27)22-18)7-19-24(15)2/h3-7,11H,8H2,1-2H3,(H,20,26). The van der Waals surface area contributed by atoms with Gasteiger partial charge in [0.15, 0.2) is 11.5 Å². The van der Waals surface area contributed by atoms with Gasteiger partial charge in [0.05, 0.1) is 5.69 Å². The number of rotatable bonds is 2. The van der Waals surface area contributed by atoms with Crippen molar-refractivity contribution in [2.45, 2.75) is 6.92 Å². The van der Waals surface area contributed by atoms with Crippen LogP contribution in [0.4, 0.5) is 5.82 Å². The van der Waals surface area contributed by atoms with E-state index in [1.165, 1.54) is 15.9 Å². The molecule has 1 aromatic heterocycles. The number of ether oxygens (including phenoxy) is 2. The largest absolute Gasteiger partial charge is 0.454 e. The first-order chi connectivity index (χ1) is 14.0. The van der Waals surface area contributed by atoms with Crippen LogP contribution in [0.5, 0.6) is 11.5 Å². The third kappa shape index (κ3) is 2.83. The molecule has 11 nitrogen and oxygen atoms in total. The van der Waals surface area contributed by atoms with Gasteiger partial charge in [0.25, 0.3) is 17.8 Å². The number of amidine groups is 1. The summed E-state index contributed by atoms with van der Waals surface area (Å²) < 4.78 is 11.9. The van der Waals surface area contributed by atoms with E-state index in [-0.39, 0.29) is 24.6 Å². The predicted octanol–water partition coefficient (Wildman–Crippen LogP) is 0.863. The van der Waals surface area contributed by atoms with Gasteiger partial charge in [-0.15, -0.1) is 0 Å². The summed E-state index contributed by atoms with van der Waals surface area (Å²) in [6.07, 6.45) is 1.50. The third-order valence-electron chi connectivity index (χ3n) is 4.59. The Labute approximate surface area is 164 Å². The summed E-state index contributed by atoms with van der Waals surface area (Å²) in [4.78, 5) is 33.5. The predicted molar refractivity (Wildman–Crippen MR) is 103 cm³/mol. The summed E-state index contributed by atoms with van der Waals surface area (Å²) in [5, 5.41) is 12.7. The molecule has 0 radical (unpaired) electrons. The number of aliphatic imine (C=N–C) groups is 2. The molecule has 1 aromatic carbocycles. The van der Waals surface area contributed by atoms with Crippen LogP contribution in [0, 0.1) is 12.8 Å². The average molecular weight is 393 g/mol. The number of amides is 2. The first kappa shape index (κ1) is 17.1. The Balaban J connectivity index is 1.45. The normalized spacial score (nSPS) is 19.2. The van der Waals surface area contributed by atoms with Crippen molar-refractivity contribution in [2.24, 2.45) is 21.0 Å². The number of hydrogen-bond acceptors (Lipinski definition) is 8. The number of aryl methyl sites for hydroxylation is 1. The van der Waals surface area contributed by atoms with Crippen molar-refractivity contribution in [3.63, 3.8) is 0 Å². The molecule has 146 valence electrons. The Hall–Kier alpha value is -4.02. The monoisotopic (exact) mass is 393 g/mol. The van der Waals surface area contributed by atoms with Crippen molar-refractivity contribution >= 4 is 35.6 Å². The molecule has 0 fully saturated rings. The Morgan fingerprint density at radius 3 is 2.90 bits per heavy atom. The summed E-state index contributed by atoms with van der Waals surface area (Å²) in [7, 11) is 1.70. The van der Waals surface area contributed by atoms with E-state index in [4.69, 9.17) is 9.47 Å². The minimum Gasteiger partial charge on any atom is -0.454 e. The molecule has 0 saturated heterocycles. The van der Waals surface area contributed by atoms with Crippen LogP contribution in [0.2, 0.25) is 0 Å². The van der Waals surface area contributed by atoms with Crippen molar-refractivity contribution in [1.29, 1.82) is 0 Å². The Morgan fingerprint density at radius 1 is 1.21 bits per heavy atom.